The normalized spacial score (nSPS) is 20.7. The molecule has 2 saturated carbocycles. The van der Waals surface area contributed by atoms with Gasteiger partial charge in [-0.2, -0.15) is 0 Å². The Kier molecular flexibility index (Phi) is 9.69. The molecule has 2 saturated heterocycles. The molecule has 4 aliphatic rings. The Bertz CT molecular complexity index is 2120. The van der Waals surface area contributed by atoms with Crippen molar-refractivity contribution in [2.24, 2.45) is 23.7 Å². The first kappa shape index (κ1) is 34.7. The van der Waals surface area contributed by atoms with Crippen molar-refractivity contribution in [2.75, 3.05) is 36.0 Å². The fourth-order valence-electron chi connectivity index (χ4n) is 7.53. The molecular weight excluding hydrogens is 780 g/mol. The van der Waals surface area contributed by atoms with Crippen molar-refractivity contribution in [3.05, 3.63) is 117 Å². The summed E-state index contributed by atoms with van der Waals surface area (Å²) in [6.45, 7) is 13.0. The molecular formula is C40H42Br2N10. The van der Waals surface area contributed by atoms with Crippen LogP contribution in [0.5, 0.6) is 0 Å². The summed E-state index contributed by atoms with van der Waals surface area (Å²) >= 11 is 6.65. The monoisotopic (exact) mass is 820 g/mol. The van der Waals surface area contributed by atoms with Crippen LogP contribution in [-0.2, 0) is 0 Å². The van der Waals surface area contributed by atoms with Gasteiger partial charge in [0.25, 0.3) is 0 Å². The van der Waals surface area contributed by atoms with Gasteiger partial charge >= 0.3 is 0 Å². The molecule has 6 aromatic rings. The second-order valence-electron chi connectivity index (χ2n) is 14.4. The van der Waals surface area contributed by atoms with Crippen molar-refractivity contribution in [1.82, 2.24) is 39.0 Å². The summed E-state index contributed by atoms with van der Waals surface area (Å²) in [4.78, 5) is 31.7. The van der Waals surface area contributed by atoms with E-state index >= 15 is 0 Å². The van der Waals surface area contributed by atoms with Crippen LogP contribution in [0.15, 0.2) is 94.7 Å². The molecule has 0 amide bonds. The molecule has 4 atom stereocenters. The molecule has 0 aromatic carbocycles. The van der Waals surface area contributed by atoms with Crippen LogP contribution in [0.3, 0.4) is 0 Å². The predicted octanol–water partition coefficient (Wildman–Crippen LogP) is 8.35. The van der Waals surface area contributed by atoms with Crippen molar-refractivity contribution >= 4 is 43.5 Å². The van der Waals surface area contributed by atoms with Crippen LogP contribution in [0.2, 0.25) is 0 Å². The summed E-state index contributed by atoms with van der Waals surface area (Å²) in [5.41, 5.74) is 6.43. The standard InChI is InChI=1S/C20H21N5.C11H11BrN2.C9H10BrN3/c1-13-6-7-14(2)25(13)19-5-3-4-17(23-19)18-9-22-20(10-21-18)24-11-15-8-16(15)12-24;1-8-6-7-9(2)14(8)11-5-3-4-10(12)13-11;10-8-2-12-9(3-11-8)13-4-6-1-7(6)5-13/h3-7,9-10,15-16H,8,11-12H2,1-2H3;3-7H,1-2H3;2-3,6-7H,1,4-5H2. The Labute approximate surface area is 321 Å². The molecule has 6 aromatic heterocycles. The summed E-state index contributed by atoms with van der Waals surface area (Å²) in [7, 11) is 0. The molecule has 52 heavy (non-hydrogen) atoms. The molecule has 10 rings (SSSR count). The highest BCUT2D eigenvalue weighted by atomic mass is 79.9. The van der Waals surface area contributed by atoms with Crippen LogP contribution in [0.25, 0.3) is 23.0 Å². The van der Waals surface area contributed by atoms with Crippen molar-refractivity contribution < 1.29 is 0 Å². The molecule has 0 spiro atoms. The van der Waals surface area contributed by atoms with E-state index in [0.717, 1.165) is 80.6 Å². The fourth-order valence-corrected chi connectivity index (χ4v) is 8.07. The van der Waals surface area contributed by atoms with Gasteiger partial charge in [-0.25, -0.2) is 29.9 Å². The first-order chi connectivity index (χ1) is 25.2. The fraction of sp³-hybridized carbons (Fsp3) is 0.350. The second-order valence-corrected chi connectivity index (χ2v) is 16.0. The van der Waals surface area contributed by atoms with Crippen LogP contribution >= 0.6 is 31.9 Å². The highest BCUT2D eigenvalue weighted by Gasteiger charge is 2.46. The van der Waals surface area contributed by atoms with E-state index in [4.69, 9.17) is 4.98 Å². The average molecular weight is 823 g/mol. The van der Waals surface area contributed by atoms with Crippen molar-refractivity contribution in [2.45, 2.75) is 40.5 Å². The summed E-state index contributed by atoms with van der Waals surface area (Å²) in [5, 5.41) is 0. The number of anilines is 2. The van der Waals surface area contributed by atoms with Gasteiger partial charge in [0.1, 0.15) is 38.2 Å². The number of hydrogen-bond acceptors (Lipinski definition) is 8. The summed E-state index contributed by atoms with van der Waals surface area (Å²) < 4.78 is 5.95. The minimum Gasteiger partial charge on any atom is -0.355 e. The summed E-state index contributed by atoms with van der Waals surface area (Å²) in [6.07, 6.45) is 10.2. The quantitative estimate of drug-likeness (QED) is 0.160. The molecule has 2 aliphatic carbocycles. The topological polar surface area (TPSA) is 93.7 Å². The van der Waals surface area contributed by atoms with E-state index in [2.05, 4.69) is 128 Å². The van der Waals surface area contributed by atoms with E-state index < -0.39 is 0 Å². The van der Waals surface area contributed by atoms with E-state index in [-0.39, 0.29) is 0 Å². The van der Waals surface area contributed by atoms with Crippen molar-refractivity contribution in [3.8, 4) is 23.0 Å². The number of hydrogen-bond donors (Lipinski definition) is 0. The highest BCUT2D eigenvalue weighted by Crippen LogP contribution is 2.46. The van der Waals surface area contributed by atoms with Gasteiger partial charge < -0.3 is 18.9 Å². The lowest BCUT2D eigenvalue weighted by molar-refractivity contribution is 0.800. The third-order valence-electron chi connectivity index (χ3n) is 10.5. The first-order valence-electron chi connectivity index (χ1n) is 17.9. The minimum absolute atomic E-state index is 0.806. The molecule has 10 nitrogen and oxygen atoms in total. The van der Waals surface area contributed by atoms with Gasteiger partial charge in [-0.1, -0.05) is 12.1 Å². The number of halogens is 2. The maximum Gasteiger partial charge on any atom is 0.147 e. The van der Waals surface area contributed by atoms with Gasteiger partial charge in [-0.3, -0.25) is 0 Å². The van der Waals surface area contributed by atoms with Gasteiger partial charge in [-0.05, 0) is 145 Å². The van der Waals surface area contributed by atoms with Crippen LogP contribution in [0.1, 0.15) is 35.6 Å². The maximum atomic E-state index is 4.80. The van der Waals surface area contributed by atoms with E-state index in [1.54, 1.807) is 6.20 Å². The molecule has 0 N–H and O–H groups in total. The zero-order valence-corrected chi connectivity index (χ0v) is 33.0. The van der Waals surface area contributed by atoms with Crippen molar-refractivity contribution in [3.63, 3.8) is 0 Å². The Morgan fingerprint density at radius 1 is 0.462 bits per heavy atom. The van der Waals surface area contributed by atoms with E-state index in [0.29, 0.717) is 0 Å². The number of nitrogens with zero attached hydrogens (tertiary/aromatic N) is 10. The van der Waals surface area contributed by atoms with Gasteiger partial charge in [0.15, 0.2) is 0 Å². The second kappa shape index (κ2) is 14.5. The lowest BCUT2D eigenvalue weighted by Gasteiger charge is -2.18. The van der Waals surface area contributed by atoms with E-state index in [1.807, 2.05) is 55.0 Å². The van der Waals surface area contributed by atoms with Gasteiger partial charge in [-0.15, -0.1) is 0 Å². The predicted molar refractivity (Wildman–Crippen MR) is 212 cm³/mol. The number of pyridine rings is 2. The number of aryl methyl sites for hydroxylation is 4. The summed E-state index contributed by atoms with van der Waals surface area (Å²) in [6, 6.07) is 20.4. The molecule has 4 fully saturated rings. The average Bonchev–Trinajstić information content (AvgIpc) is 3.82. The third kappa shape index (κ3) is 7.54. The minimum atomic E-state index is 0.806. The number of piperidine rings is 2. The summed E-state index contributed by atoms with van der Waals surface area (Å²) in [5.74, 6) is 7.58. The zero-order chi connectivity index (χ0) is 35.9. The van der Waals surface area contributed by atoms with Crippen LogP contribution in [0.4, 0.5) is 11.6 Å². The van der Waals surface area contributed by atoms with Gasteiger partial charge in [0.05, 0.1) is 30.5 Å². The molecule has 4 unspecified atom stereocenters. The number of fused-ring (bicyclic) bond motifs is 2. The van der Waals surface area contributed by atoms with Crippen LogP contribution in [0, 0.1) is 51.4 Å². The Hall–Kier alpha value is -4.42. The highest BCUT2D eigenvalue weighted by molar-refractivity contribution is 9.10. The zero-order valence-electron chi connectivity index (χ0n) is 29.9. The van der Waals surface area contributed by atoms with Crippen LogP contribution in [-0.4, -0.2) is 65.2 Å². The molecule has 12 heteroatoms. The Morgan fingerprint density at radius 3 is 1.40 bits per heavy atom. The lowest BCUT2D eigenvalue weighted by atomic mass is 10.2. The number of rotatable bonds is 5. The molecule has 2 aliphatic heterocycles. The lowest BCUT2D eigenvalue weighted by Crippen LogP contribution is -2.22. The molecule has 266 valence electrons. The Morgan fingerprint density at radius 2 is 0.942 bits per heavy atom. The van der Waals surface area contributed by atoms with E-state index in [9.17, 15) is 0 Å². The SMILES string of the molecule is Brc1cnc(N2CC3CC3C2)cn1.Cc1ccc(C)n1-c1cccc(-c2cnc(N3CC4CC4C3)cn2)n1.Cc1ccc(C)n1-c1cccc(Br)n1. The molecule has 8 heterocycles. The number of aromatic nitrogens is 8. The third-order valence-corrected chi connectivity index (χ3v) is 11.4. The van der Waals surface area contributed by atoms with Gasteiger partial charge in [0.2, 0.25) is 0 Å². The Balaban J connectivity index is 0.000000122. The molecule has 0 bridgehead atoms. The smallest absolute Gasteiger partial charge is 0.147 e. The molecule has 0 radical (unpaired) electrons. The maximum absolute atomic E-state index is 4.80. The van der Waals surface area contributed by atoms with E-state index in [1.165, 1.54) is 48.7 Å². The first-order valence-corrected chi connectivity index (χ1v) is 19.5. The van der Waals surface area contributed by atoms with Crippen molar-refractivity contribution in [1.29, 1.82) is 0 Å². The largest absolute Gasteiger partial charge is 0.355 e. The van der Waals surface area contributed by atoms with Crippen LogP contribution < -0.4 is 9.80 Å². The van der Waals surface area contributed by atoms with Gasteiger partial charge in [0, 0.05) is 49.0 Å².